The maximum atomic E-state index is 12.1. The minimum Gasteiger partial charge on any atom is -0.344 e. The van der Waals surface area contributed by atoms with E-state index in [0.717, 1.165) is 28.8 Å². The van der Waals surface area contributed by atoms with E-state index in [1.165, 1.54) is 0 Å². The van der Waals surface area contributed by atoms with Crippen molar-refractivity contribution >= 4 is 29.1 Å². The number of carbonyl (C=O) groups excluding carboxylic acids is 3. The molecule has 0 aromatic heterocycles. The molecule has 1 fully saturated rings. The Kier molecular flexibility index (Phi) is 5.54. The van der Waals surface area contributed by atoms with Crippen molar-refractivity contribution in [2.75, 3.05) is 16.8 Å². The van der Waals surface area contributed by atoms with Gasteiger partial charge < -0.3 is 15.5 Å². The van der Waals surface area contributed by atoms with Crippen molar-refractivity contribution in [2.24, 2.45) is 0 Å². The quantitative estimate of drug-likeness (QED) is 0.818. The van der Waals surface area contributed by atoms with Gasteiger partial charge in [-0.25, -0.2) is 0 Å². The topological polar surface area (TPSA) is 78.5 Å². The summed E-state index contributed by atoms with van der Waals surface area (Å²) in [7, 11) is 0. The Morgan fingerprint density at radius 2 is 1.78 bits per heavy atom. The third kappa shape index (κ3) is 4.53. The van der Waals surface area contributed by atoms with E-state index in [9.17, 15) is 14.4 Å². The van der Waals surface area contributed by atoms with E-state index in [2.05, 4.69) is 10.6 Å². The Morgan fingerprint density at radius 3 is 2.41 bits per heavy atom. The fourth-order valence-corrected chi connectivity index (χ4v) is 3.10. The molecule has 0 radical (unpaired) electrons. The molecule has 0 spiro atoms. The Bertz CT molecular complexity index is 875. The number of hydrogen-bond donors (Lipinski definition) is 2. The number of amides is 3. The summed E-state index contributed by atoms with van der Waals surface area (Å²) in [6, 6.07) is 13.0. The van der Waals surface area contributed by atoms with Gasteiger partial charge in [-0.1, -0.05) is 29.8 Å². The van der Waals surface area contributed by atoms with E-state index < -0.39 is 11.8 Å². The highest BCUT2D eigenvalue weighted by Gasteiger charge is 2.23. The van der Waals surface area contributed by atoms with Gasteiger partial charge in [0.2, 0.25) is 5.91 Å². The number of nitrogens with one attached hydrogen (secondary N) is 2. The Morgan fingerprint density at radius 1 is 1.04 bits per heavy atom. The minimum atomic E-state index is -0.716. The lowest BCUT2D eigenvalue weighted by atomic mass is 10.1. The van der Waals surface area contributed by atoms with E-state index in [-0.39, 0.29) is 5.91 Å². The van der Waals surface area contributed by atoms with Crippen LogP contribution in [0.2, 0.25) is 0 Å². The van der Waals surface area contributed by atoms with Crippen LogP contribution in [0.25, 0.3) is 0 Å². The van der Waals surface area contributed by atoms with Gasteiger partial charge in [-0.3, -0.25) is 14.4 Å². The first-order valence-electron chi connectivity index (χ1n) is 9.00. The molecule has 1 heterocycles. The van der Waals surface area contributed by atoms with E-state index >= 15 is 0 Å². The highest BCUT2D eigenvalue weighted by atomic mass is 16.2. The summed E-state index contributed by atoms with van der Waals surface area (Å²) in [5.41, 5.74) is 4.32. The molecule has 0 unspecified atom stereocenters. The molecular formula is C21H23N3O3. The first-order chi connectivity index (χ1) is 12.9. The smallest absolute Gasteiger partial charge is 0.313 e. The summed E-state index contributed by atoms with van der Waals surface area (Å²) >= 11 is 0. The van der Waals surface area contributed by atoms with Gasteiger partial charge in [-0.05, 0) is 49.6 Å². The van der Waals surface area contributed by atoms with Gasteiger partial charge in [-0.15, -0.1) is 0 Å². The monoisotopic (exact) mass is 365 g/mol. The second-order valence-corrected chi connectivity index (χ2v) is 6.77. The molecule has 1 saturated heterocycles. The molecule has 6 heteroatoms. The van der Waals surface area contributed by atoms with Gasteiger partial charge in [0.05, 0.1) is 0 Å². The number of hydrogen-bond acceptors (Lipinski definition) is 3. The predicted molar refractivity (Wildman–Crippen MR) is 104 cm³/mol. The van der Waals surface area contributed by atoms with Gasteiger partial charge in [0.1, 0.15) is 0 Å². The molecule has 1 aliphatic rings. The van der Waals surface area contributed by atoms with Crippen LogP contribution in [0.15, 0.2) is 42.5 Å². The molecule has 3 amide bonds. The van der Waals surface area contributed by atoms with Gasteiger partial charge in [-0.2, -0.15) is 0 Å². The highest BCUT2D eigenvalue weighted by Crippen LogP contribution is 2.27. The van der Waals surface area contributed by atoms with Crippen molar-refractivity contribution in [3.05, 3.63) is 59.2 Å². The molecule has 2 aromatic carbocycles. The largest absolute Gasteiger partial charge is 0.344 e. The molecule has 2 aromatic rings. The third-order valence-corrected chi connectivity index (χ3v) is 4.60. The maximum Gasteiger partial charge on any atom is 0.313 e. The lowest BCUT2D eigenvalue weighted by Crippen LogP contribution is -2.35. The van der Waals surface area contributed by atoms with Crippen LogP contribution in [0.1, 0.15) is 29.5 Å². The van der Waals surface area contributed by atoms with Crippen molar-refractivity contribution in [3.63, 3.8) is 0 Å². The number of carbonyl (C=O) groups is 3. The molecule has 0 saturated carbocycles. The van der Waals surface area contributed by atoms with Crippen LogP contribution in [0.5, 0.6) is 0 Å². The highest BCUT2D eigenvalue weighted by molar-refractivity contribution is 6.39. The Hall–Kier alpha value is -3.15. The molecule has 2 N–H and O–H groups in total. The molecule has 0 atom stereocenters. The average Bonchev–Trinajstić information content (AvgIpc) is 3.07. The van der Waals surface area contributed by atoms with Gasteiger partial charge >= 0.3 is 11.8 Å². The first kappa shape index (κ1) is 18.6. The van der Waals surface area contributed by atoms with Crippen molar-refractivity contribution in [1.82, 2.24) is 5.32 Å². The number of benzene rings is 2. The maximum absolute atomic E-state index is 12.1. The Labute approximate surface area is 158 Å². The molecule has 0 aliphatic carbocycles. The first-order valence-corrected chi connectivity index (χ1v) is 9.00. The van der Waals surface area contributed by atoms with Gasteiger partial charge in [0.25, 0.3) is 0 Å². The van der Waals surface area contributed by atoms with Crippen LogP contribution in [0, 0.1) is 13.8 Å². The van der Waals surface area contributed by atoms with Crippen LogP contribution >= 0.6 is 0 Å². The zero-order chi connectivity index (χ0) is 19.4. The molecule has 140 valence electrons. The second-order valence-electron chi connectivity index (χ2n) is 6.77. The van der Waals surface area contributed by atoms with E-state index in [1.54, 1.807) is 23.1 Å². The lowest BCUT2D eigenvalue weighted by molar-refractivity contribution is -0.136. The molecule has 3 rings (SSSR count). The number of nitrogens with zero attached hydrogens (tertiary/aromatic N) is 1. The van der Waals surface area contributed by atoms with E-state index in [0.29, 0.717) is 25.2 Å². The van der Waals surface area contributed by atoms with Crippen molar-refractivity contribution in [2.45, 2.75) is 33.2 Å². The van der Waals surface area contributed by atoms with Crippen LogP contribution in [0.4, 0.5) is 11.4 Å². The van der Waals surface area contributed by atoms with E-state index in [1.807, 2.05) is 38.1 Å². The summed E-state index contributed by atoms with van der Waals surface area (Å²) in [5, 5.41) is 5.21. The van der Waals surface area contributed by atoms with Crippen molar-refractivity contribution < 1.29 is 14.4 Å². The van der Waals surface area contributed by atoms with Gasteiger partial charge in [0.15, 0.2) is 0 Å². The lowest BCUT2D eigenvalue weighted by Gasteiger charge is -2.19. The third-order valence-electron chi connectivity index (χ3n) is 4.60. The minimum absolute atomic E-state index is 0.116. The zero-order valence-corrected chi connectivity index (χ0v) is 15.5. The normalized spacial score (nSPS) is 13.6. The zero-order valence-electron chi connectivity index (χ0n) is 15.5. The number of anilines is 2. The van der Waals surface area contributed by atoms with Gasteiger partial charge in [0, 0.05) is 30.9 Å². The number of aryl methyl sites for hydroxylation is 2. The summed E-state index contributed by atoms with van der Waals surface area (Å²) in [4.78, 5) is 37.8. The van der Waals surface area contributed by atoms with Crippen LogP contribution in [-0.4, -0.2) is 24.3 Å². The molecule has 6 nitrogen and oxygen atoms in total. The molecule has 0 bridgehead atoms. The van der Waals surface area contributed by atoms with Crippen molar-refractivity contribution in [3.8, 4) is 0 Å². The Balaban J connectivity index is 1.58. The summed E-state index contributed by atoms with van der Waals surface area (Å²) in [6.07, 6.45) is 1.43. The average molecular weight is 365 g/mol. The van der Waals surface area contributed by atoms with Crippen LogP contribution in [-0.2, 0) is 20.9 Å². The van der Waals surface area contributed by atoms with E-state index in [4.69, 9.17) is 0 Å². The molecular weight excluding hydrogens is 342 g/mol. The van der Waals surface area contributed by atoms with Crippen LogP contribution in [0.3, 0.4) is 0 Å². The SMILES string of the molecule is Cc1ccc(CNC(=O)C(=O)Nc2ccc(N3CCCC3=O)c(C)c2)cc1. The molecule has 1 aliphatic heterocycles. The fourth-order valence-electron chi connectivity index (χ4n) is 3.10. The predicted octanol–water partition coefficient (Wildman–Crippen LogP) is 2.69. The summed E-state index contributed by atoms with van der Waals surface area (Å²) in [6.45, 7) is 4.88. The second kappa shape index (κ2) is 8.03. The summed E-state index contributed by atoms with van der Waals surface area (Å²) < 4.78 is 0. The van der Waals surface area contributed by atoms with Crippen molar-refractivity contribution in [1.29, 1.82) is 0 Å². The standard InChI is InChI=1S/C21H23N3O3/c1-14-5-7-16(8-6-14)13-22-20(26)21(27)23-17-9-10-18(15(2)12-17)24-11-3-4-19(24)25/h5-10,12H,3-4,11,13H2,1-2H3,(H,22,26)(H,23,27). The summed E-state index contributed by atoms with van der Waals surface area (Å²) in [5.74, 6) is -1.29. The molecule has 27 heavy (non-hydrogen) atoms. The van der Waals surface area contributed by atoms with Crippen LogP contribution < -0.4 is 15.5 Å². The number of rotatable bonds is 4. The fraction of sp³-hybridized carbons (Fsp3) is 0.286.